The van der Waals surface area contributed by atoms with Crippen molar-refractivity contribution in [3.05, 3.63) is 120 Å². The Morgan fingerprint density at radius 1 is 1.08 bits per heavy atom. The Labute approximate surface area is 216 Å². The molecule has 6 nitrogen and oxygen atoms in total. The van der Waals surface area contributed by atoms with Crippen LogP contribution in [0.25, 0.3) is 11.0 Å². The third-order valence-electron chi connectivity index (χ3n) is 5.46. The molecule has 0 atom stereocenters. The predicted molar refractivity (Wildman–Crippen MR) is 146 cm³/mol. The minimum atomic E-state index is -0.436. The molecule has 0 saturated heterocycles. The molecule has 0 saturated carbocycles. The summed E-state index contributed by atoms with van der Waals surface area (Å²) in [5.41, 5.74) is 3.76. The third-order valence-corrected chi connectivity index (χ3v) is 5.46. The summed E-state index contributed by atoms with van der Waals surface area (Å²) in [5, 5.41) is 5.34. The number of aromatic nitrogens is 3. The number of rotatable bonds is 8. The molecule has 0 aliphatic carbocycles. The van der Waals surface area contributed by atoms with Gasteiger partial charge in [0.05, 0.1) is 29.8 Å². The minimum absolute atomic E-state index is 0.261. The second-order valence-electron chi connectivity index (χ2n) is 8.09. The number of esters is 1. The molecule has 0 N–H and O–H groups in total. The van der Waals surface area contributed by atoms with Crippen molar-refractivity contribution in [1.29, 1.82) is 0 Å². The summed E-state index contributed by atoms with van der Waals surface area (Å²) in [6.45, 7) is 11.8. The van der Waals surface area contributed by atoms with Crippen molar-refractivity contribution in [3.63, 3.8) is 0 Å². The van der Waals surface area contributed by atoms with E-state index in [0.29, 0.717) is 40.1 Å². The molecule has 0 unspecified atom stereocenters. The number of ether oxygens (including phenoxy) is 2. The number of allylic oxidation sites excluding steroid dienone is 4. The van der Waals surface area contributed by atoms with Crippen LogP contribution >= 0.6 is 0 Å². The highest BCUT2D eigenvalue weighted by atomic mass is 16.5. The Kier molecular flexibility index (Phi) is 7.97. The summed E-state index contributed by atoms with van der Waals surface area (Å²) >= 11 is 0. The highest BCUT2D eigenvalue weighted by molar-refractivity contribution is 6.04. The van der Waals surface area contributed by atoms with E-state index in [9.17, 15) is 4.79 Å². The van der Waals surface area contributed by atoms with E-state index in [-0.39, 0.29) is 6.61 Å². The number of hydrogen-bond donors (Lipinski definition) is 0. The van der Waals surface area contributed by atoms with Crippen molar-refractivity contribution < 1.29 is 14.3 Å². The Morgan fingerprint density at radius 3 is 2.49 bits per heavy atom. The molecule has 37 heavy (non-hydrogen) atoms. The summed E-state index contributed by atoms with van der Waals surface area (Å²) in [6.07, 6.45) is 5.03. The first kappa shape index (κ1) is 25.2. The number of aryl methyl sites for hydroxylation is 1. The maximum Gasteiger partial charge on any atom is 0.339 e. The first-order valence-corrected chi connectivity index (χ1v) is 11.9. The summed E-state index contributed by atoms with van der Waals surface area (Å²) in [6, 6.07) is 19.1. The molecule has 0 radical (unpaired) electrons. The molecule has 6 heteroatoms. The topological polar surface area (TPSA) is 66.2 Å². The van der Waals surface area contributed by atoms with Gasteiger partial charge in [-0.05, 0) is 61.7 Å². The van der Waals surface area contributed by atoms with Crippen LogP contribution in [-0.4, -0.2) is 27.3 Å². The fourth-order valence-electron chi connectivity index (χ4n) is 3.78. The Morgan fingerprint density at radius 2 is 1.81 bits per heavy atom. The van der Waals surface area contributed by atoms with Gasteiger partial charge in [-0.25, -0.2) is 14.5 Å². The van der Waals surface area contributed by atoms with Crippen LogP contribution in [0.5, 0.6) is 11.5 Å². The van der Waals surface area contributed by atoms with E-state index < -0.39 is 5.97 Å². The van der Waals surface area contributed by atoms with Gasteiger partial charge in [-0.3, -0.25) is 0 Å². The zero-order valence-corrected chi connectivity index (χ0v) is 20.9. The molecule has 0 bridgehead atoms. The molecule has 0 fully saturated rings. The molecule has 2 aromatic heterocycles. The predicted octanol–water partition coefficient (Wildman–Crippen LogP) is 6.41. The number of carbonyl (C=O) groups is 1. The van der Waals surface area contributed by atoms with Crippen molar-refractivity contribution in [2.24, 2.45) is 0 Å². The first-order chi connectivity index (χ1) is 18.0. The van der Waals surface area contributed by atoms with E-state index >= 15 is 0 Å². The molecule has 0 amide bonds. The standard InChI is InChI=1S/C31H27N3O3/c1-5-11-23(6-2)14-17-25-20-28(31(35)36-7-3)29-22(4)33-34(30(29)32-25)21-24-15-18-27(19-16-24)37-26-12-9-8-10-13-26/h5-6,8-13,15-16,18-20H,1-2,7,21H2,3-4H3/b23-11+. The van der Waals surface area contributed by atoms with Gasteiger partial charge in [-0.15, -0.1) is 0 Å². The quantitative estimate of drug-likeness (QED) is 0.163. The first-order valence-electron chi connectivity index (χ1n) is 11.9. The molecule has 0 spiro atoms. The van der Waals surface area contributed by atoms with Gasteiger partial charge in [0.25, 0.3) is 0 Å². The Balaban J connectivity index is 1.71. The number of carbonyl (C=O) groups excluding carboxylic acids is 1. The highest BCUT2D eigenvalue weighted by Gasteiger charge is 2.20. The Bertz CT molecular complexity index is 1540. The van der Waals surface area contributed by atoms with Gasteiger partial charge in [0, 0.05) is 5.57 Å². The van der Waals surface area contributed by atoms with Gasteiger partial charge in [-0.2, -0.15) is 5.10 Å². The van der Waals surface area contributed by atoms with Crippen LogP contribution in [0, 0.1) is 18.8 Å². The van der Waals surface area contributed by atoms with Gasteiger partial charge >= 0.3 is 5.97 Å². The van der Waals surface area contributed by atoms with Gasteiger partial charge in [-0.1, -0.05) is 61.6 Å². The van der Waals surface area contributed by atoms with E-state index in [4.69, 9.17) is 14.5 Å². The molecule has 4 rings (SSSR count). The normalized spacial score (nSPS) is 10.9. The molecule has 0 aliphatic rings. The largest absolute Gasteiger partial charge is 0.462 e. The highest BCUT2D eigenvalue weighted by Crippen LogP contribution is 2.25. The fraction of sp³-hybridized carbons (Fsp3) is 0.129. The number of pyridine rings is 1. The number of nitrogens with zero attached hydrogens (tertiary/aromatic N) is 3. The van der Waals surface area contributed by atoms with Gasteiger partial charge in [0.2, 0.25) is 0 Å². The van der Waals surface area contributed by atoms with Crippen LogP contribution < -0.4 is 4.74 Å². The molecule has 184 valence electrons. The lowest BCUT2D eigenvalue weighted by Gasteiger charge is -2.08. The van der Waals surface area contributed by atoms with Gasteiger partial charge in [0.1, 0.15) is 17.2 Å². The van der Waals surface area contributed by atoms with Crippen LogP contribution in [0.3, 0.4) is 0 Å². The third kappa shape index (κ3) is 6.03. The molecule has 4 aromatic rings. The number of benzene rings is 2. The smallest absolute Gasteiger partial charge is 0.339 e. The lowest BCUT2D eigenvalue weighted by molar-refractivity contribution is 0.0528. The average molecular weight is 490 g/mol. The van der Waals surface area contributed by atoms with E-state index in [2.05, 4.69) is 30.1 Å². The average Bonchev–Trinajstić information content (AvgIpc) is 3.22. The summed E-state index contributed by atoms with van der Waals surface area (Å²) in [4.78, 5) is 17.6. The van der Waals surface area contributed by atoms with E-state index in [1.807, 2.05) is 61.5 Å². The zero-order valence-electron chi connectivity index (χ0n) is 20.9. The fourth-order valence-corrected chi connectivity index (χ4v) is 3.78. The van der Waals surface area contributed by atoms with Crippen LogP contribution in [0.1, 0.15) is 34.2 Å². The molecular formula is C31H27N3O3. The molecule has 0 aliphatic heterocycles. The van der Waals surface area contributed by atoms with E-state index in [0.717, 1.165) is 17.1 Å². The van der Waals surface area contributed by atoms with Gasteiger partial charge in [0.15, 0.2) is 5.65 Å². The van der Waals surface area contributed by atoms with E-state index in [1.165, 1.54) is 0 Å². The van der Waals surface area contributed by atoms with Crippen LogP contribution in [0.2, 0.25) is 0 Å². The molecule has 2 heterocycles. The van der Waals surface area contributed by atoms with Crippen LogP contribution in [0.4, 0.5) is 0 Å². The van der Waals surface area contributed by atoms with Crippen LogP contribution in [-0.2, 0) is 11.3 Å². The number of hydrogen-bond acceptors (Lipinski definition) is 5. The number of para-hydroxylation sites is 1. The van der Waals surface area contributed by atoms with Crippen molar-refractivity contribution in [1.82, 2.24) is 14.8 Å². The monoisotopic (exact) mass is 489 g/mol. The Hall–Kier alpha value is -4.89. The maximum absolute atomic E-state index is 12.8. The van der Waals surface area contributed by atoms with Crippen molar-refractivity contribution >= 4 is 17.0 Å². The second kappa shape index (κ2) is 11.7. The second-order valence-corrected chi connectivity index (χ2v) is 8.09. The minimum Gasteiger partial charge on any atom is -0.462 e. The lowest BCUT2D eigenvalue weighted by Crippen LogP contribution is -2.08. The van der Waals surface area contributed by atoms with Crippen molar-refractivity contribution in [3.8, 4) is 23.3 Å². The SMILES string of the molecule is C=C/C=C(/C#Cc1cc(C(=O)OCC)c2c(C)nn(Cc3ccc(Oc4ccccc4)cc3)c2n1)C=C. The summed E-state index contributed by atoms with van der Waals surface area (Å²) in [5.74, 6) is 7.12. The maximum atomic E-state index is 12.8. The lowest BCUT2D eigenvalue weighted by atomic mass is 10.1. The summed E-state index contributed by atoms with van der Waals surface area (Å²) < 4.78 is 13.0. The number of fused-ring (bicyclic) bond motifs is 1. The van der Waals surface area contributed by atoms with Crippen molar-refractivity contribution in [2.75, 3.05) is 6.61 Å². The molecular weight excluding hydrogens is 462 g/mol. The zero-order chi connectivity index (χ0) is 26.2. The van der Waals surface area contributed by atoms with Crippen molar-refractivity contribution in [2.45, 2.75) is 20.4 Å². The summed E-state index contributed by atoms with van der Waals surface area (Å²) in [7, 11) is 0. The van der Waals surface area contributed by atoms with E-state index in [1.54, 1.807) is 35.9 Å². The van der Waals surface area contributed by atoms with Crippen LogP contribution in [0.15, 0.2) is 97.6 Å². The van der Waals surface area contributed by atoms with Gasteiger partial charge < -0.3 is 9.47 Å². The molecule has 2 aromatic carbocycles.